The highest BCUT2D eigenvalue weighted by Gasteiger charge is 2.29. The van der Waals surface area contributed by atoms with Gasteiger partial charge in [-0.3, -0.25) is 13.9 Å². The number of hydrogen-bond donors (Lipinski definition) is 1. The molecule has 27 heavy (non-hydrogen) atoms. The number of fused-ring (bicyclic) bond motifs is 1. The SMILES string of the molecule is CN(CC(=O)O)C(=O)c1cccc(S(=O)(=O)N2CCCc3ccccc32)c1. The van der Waals surface area contributed by atoms with Gasteiger partial charge in [0, 0.05) is 19.2 Å². The summed E-state index contributed by atoms with van der Waals surface area (Å²) in [5.74, 6) is -1.69. The number of carboxylic acid groups (broad SMARTS) is 1. The summed E-state index contributed by atoms with van der Waals surface area (Å²) in [5, 5.41) is 8.83. The van der Waals surface area contributed by atoms with Gasteiger partial charge < -0.3 is 10.0 Å². The van der Waals surface area contributed by atoms with Crippen molar-refractivity contribution in [3.05, 3.63) is 59.7 Å². The second-order valence-corrected chi connectivity index (χ2v) is 8.25. The summed E-state index contributed by atoms with van der Waals surface area (Å²) in [7, 11) is -2.47. The maximum absolute atomic E-state index is 13.2. The van der Waals surface area contributed by atoms with Crippen LogP contribution in [0.15, 0.2) is 53.4 Å². The number of benzene rings is 2. The molecule has 0 fully saturated rings. The van der Waals surface area contributed by atoms with Crippen molar-refractivity contribution in [1.29, 1.82) is 0 Å². The Hall–Kier alpha value is -2.87. The number of sulfonamides is 1. The first-order chi connectivity index (χ1) is 12.8. The molecule has 1 amide bonds. The number of hydrogen-bond acceptors (Lipinski definition) is 4. The molecule has 3 rings (SSSR count). The number of carbonyl (C=O) groups is 2. The van der Waals surface area contributed by atoms with Crippen LogP contribution in [0, 0.1) is 0 Å². The number of likely N-dealkylation sites (N-methyl/N-ethyl adjacent to an activating group) is 1. The molecule has 0 unspecified atom stereocenters. The van der Waals surface area contributed by atoms with E-state index in [1.54, 1.807) is 12.1 Å². The highest BCUT2D eigenvalue weighted by Crippen LogP contribution is 2.32. The Labute approximate surface area is 157 Å². The summed E-state index contributed by atoms with van der Waals surface area (Å²) in [6.45, 7) is -0.0915. The number of aliphatic carboxylic acids is 1. The number of para-hydroxylation sites is 1. The standard InChI is InChI=1S/C19H20N2O5S/c1-20(13-18(22)23)19(24)15-7-4-9-16(12-15)27(25,26)21-11-5-8-14-6-2-3-10-17(14)21/h2-4,6-7,9-10,12H,5,8,11,13H2,1H3,(H,22,23). The Kier molecular flexibility index (Phi) is 5.18. The molecule has 0 atom stereocenters. The molecular formula is C19H20N2O5S. The Bertz CT molecular complexity index is 987. The summed E-state index contributed by atoms with van der Waals surface area (Å²) in [6.07, 6.45) is 1.54. The molecule has 0 aliphatic carbocycles. The van der Waals surface area contributed by atoms with E-state index < -0.39 is 28.4 Å². The predicted octanol–water partition coefficient (Wildman–Crippen LogP) is 1.98. The third kappa shape index (κ3) is 3.80. The maximum atomic E-state index is 13.2. The summed E-state index contributed by atoms with van der Waals surface area (Å²) in [6, 6.07) is 13.1. The third-order valence-electron chi connectivity index (χ3n) is 4.46. The lowest BCUT2D eigenvalue weighted by Crippen LogP contribution is -2.36. The minimum absolute atomic E-state index is 0.00813. The van der Waals surface area contributed by atoms with Crippen LogP contribution < -0.4 is 4.31 Å². The van der Waals surface area contributed by atoms with Crippen LogP contribution >= 0.6 is 0 Å². The fourth-order valence-corrected chi connectivity index (χ4v) is 4.75. The zero-order chi connectivity index (χ0) is 19.6. The van der Waals surface area contributed by atoms with Gasteiger partial charge in [0.15, 0.2) is 0 Å². The lowest BCUT2D eigenvalue weighted by molar-refractivity contribution is -0.137. The summed E-state index contributed by atoms with van der Waals surface area (Å²) < 4.78 is 27.7. The zero-order valence-corrected chi connectivity index (χ0v) is 15.6. The van der Waals surface area contributed by atoms with E-state index >= 15 is 0 Å². The van der Waals surface area contributed by atoms with Gasteiger partial charge in [0.05, 0.1) is 10.6 Å². The monoisotopic (exact) mass is 388 g/mol. The molecule has 0 radical (unpaired) electrons. The van der Waals surface area contributed by atoms with E-state index in [9.17, 15) is 18.0 Å². The number of carboxylic acids is 1. The second kappa shape index (κ2) is 7.40. The number of anilines is 1. The Morgan fingerprint density at radius 2 is 1.89 bits per heavy atom. The summed E-state index contributed by atoms with van der Waals surface area (Å²) in [5.41, 5.74) is 1.76. The second-order valence-electron chi connectivity index (χ2n) is 6.39. The molecule has 7 nitrogen and oxygen atoms in total. The van der Waals surface area contributed by atoms with Crippen LogP contribution in [0.5, 0.6) is 0 Å². The van der Waals surface area contributed by atoms with Crippen molar-refractivity contribution in [2.24, 2.45) is 0 Å². The Balaban J connectivity index is 1.95. The van der Waals surface area contributed by atoms with Gasteiger partial charge in [0.25, 0.3) is 15.9 Å². The number of carbonyl (C=O) groups excluding carboxylic acids is 1. The Morgan fingerprint density at radius 1 is 1.15 bits per heavy atom. The van der Waals surface area contributed by atoms with Gasteiger partial charge in [-0.2, -0.15) is 0 Å². The fourth-order valence-electron chi connectivity index (χ4n) is 3.16. The molecule has 1 aliphatic heterocycles. The third-order valence-corrected chi connectivity index (χ3v) is 6.26. The van der Waals surface area contributed by atoms with Crippen LogP contribution in [0.3, 0.4) is 0 Å². The quantitative estimate of drug-likeness (QED) is 0.845. The van der Waals surface area contributed by atoms with Gasteiger partial charge in [-0.1, -0.05) is 24.3 Å². The topological polar surface area (TPSA) is 95.0 Å². The van der Waals surface area contributed by atoms with E-state index in [4.69, 9.17) is 5.11 Å². The summed E-state index contributed by atoms with van der Waals surface area (Å²) >= 11 is 0. The molecule has 1 N–H and O–H groups in total. The van der Waals surface area contributed by atoms with Gasteiger partial charge in [-0.05, 0) is 42.7 Å². The van der Waals surface area contributed by atoms with Crippen LogP contribution in [0.4, 0.5) is 5.69 Å². The van der Waals surface area contributed by atoms with Crippen molar-refractivity contribution >= 4 is 27.6 Å². The van der Waals surface area contributed by atoms with Crippen LogP contribution in [0.25, 0.3) is 0 Å². The fraction of sp³-hybridized carbons (Fsp3) is 0.263. The number of aryl methyl sites for hydroxylation is 1. The van der Waals surface area contributed by atoms with E-state index in [-0.39, 0.29) is 10.5 Å². The first-order valence-corrected chi connectivity index (χ1v) is 9.92. The molecule has 1 heterocycles. The van der Waals surface area contributed by atoms with Crippen LogP contribution in [-0.2, 0) is 21.2 Å². The molecule has 2 aromatic rings. The predicted molar refractivity (Wildman–Crippen MR) is 100 cm³/mol. The lowest BCUT2D eigenvalue weighted by atomic mass is 10.0. The smallest absolute Gasteiger partial charge is 0.323 e. The average molecular weight is 388 g/mol. The Morgan fingerprint density at radius 3 is 2.63 bits per heavy atom. The number of amides is 1. The van der Waals surface area contributed by atoms with Gasteiger partial charge in [0.2, 0.25) is 0 Å². The zero-order valence-electron chi connectivity index (χ0n) is 14.8. The van der Waals surface area contributed by atoms with E-state index in [0.717, 1.165) is 23.3 Å². The lowest BCUT2D eigenvalue weighted by Gasteiger charge is -2.30. The molecule has 142 valence electrons. The van der Waals surface area contributed by atoms with Crippen LogP contribution in [0.2, 0.25) is 0 Å². The first-order valence-electron chi connectivity index (χ1n) is 8.48. The maximum Gasteiger partial charge on any atom is 0.323 e. The van der Waals surface area contributed by atoms with Crippen LogP contribution in [-0.4, -0.2) is 50.4 Å². The highest BCUT2D eigenvalue weighted by atomic mass is 32.2. The summed E-state index contributed by atoms with van der Waals surface area (Å²) in [4.78, 5) is 24.2. The van der Waals surface area contributed by atoms with Crippen molar-refractivity contribution in [1.82, 2.24) is 4.90 Å². The van der Waals surface area contributed by atoms with E-state index in [1.807, 2.05) is 12.1 Å². The van der Waals surface area contributed by atoms with Crippen molar-refractivity contribution in [3.63, 3.8) is 0 Å². The first kappa shape index (κ1) is 18.9. The van der Waals surface area contributed by atoms with Crippen molar-refractivity contribution in [2.45, 2.75) is 17.7 Å². The molecule has 0 aromatic heterocycles. The van der Waals surface area contributed by atoms with Crippen molar-refractivity contribution in [2.75, 3.05) is 24.4 Å². The normalized spacial score (nSPS) is 13.7. The molecular weight excluding hydrogens is 368 g/mol. The number of rotatable bonds is 5. The van der Waals surface area contributed by atoms with E-state index in [2.05, 4.69) is 0 Å². The van der Waals surface area contributed by atoms with Crippen molar-refractivity contribution in [3.8, 4) is 0 Å². The van der Waals surface area contributed by atoms with Gasteiger partial charge >= 0.3 is 5.97 Å². The number of nitrogens with zero attached hydrogens (tertiary/aromatic N) is 2. The molecule has 0 saturated carbocycles. The molecule has 0 spiro atoms. The average Bonchev–Trinajstić information content (AvgIpc) is 2.66. The molecule has 8 heteroatoms. The van der Waals surface area contributed by atoms with E-state index in [1.165, 1.54) is 35.6 Å². The molecule has 2 aromatic carbocycles. The minimum Gasteiger partial charge on any atom is -0.480 e. The molecule has 0 saturated heterocycles. The van der Waals surface area contributed by atoms with Gasteiger partial charge in [-0.15, -0.1) is 0 Å². The molecule has 1 aliphatic rings. The minimum atomic E-state index is -3.83. The van der Waals surface area contributed by atoms with Crippen LogP contribution in [0.1, 0.15) is 22.3 Å². The van der Waals surface area contributed by atoms with E-state index in [0.29, 0.717) is 12.2 Å². The van der Waals surface area contributed by atoms with Gasteiger partial charge in [0.1, 0.15) is 6.54 Å². The molecule has 0 bridgehead atoms. The van der Waals surface area contributed by atoms with Gasteiger partial charge in [-0.25, -0.2) is 8.42 Å². The largest absolute Gasteiger partial charge is 0.480 e. The van der Waals surface area contributed by atoms with Crippen molar-refractivity contribution < 1.29 is 23.1 Å². The highest BCUT2D eigenvalue weighted by molar-refractivity contribution is 7.92.